The standard InChI is InChI=1S/C23H32F3N3O4/c1-22(33)8-12-27(13-9-22)10-3-6-19(21(31)32)29-15-14-28(11-7-20(29)30)18-5-2-4-17(16-18)23(24,25)26/h2,4-5,16,19,33H,3,6-15H2,1H3,(H,31,32). The Morgan fingerprint density at radius 3 is 2.48 bits per heavy atom. The van der Waals surface area contributed by atoms with Crippen molar-refractivity contribution < 1.29 is 33.0 Å². The molecule has 0 aromatic heterocycles. The van der Waals surface area contributed by atoms with E-state index in [4.69, 9.17) is 0 Å². The fourth-order valence-corrected chi connectivity index (χ4v) is 4.49. The smallest absolute Gasteiger partial charge is 0.416 e. The van der Waals surface area contributed by atoms with Crippen molar-refractivity contribution in [1.82, 2.24) is 9.80 Å². The third kappa shape index (κ3) is 6.83. The number of aliphatic hydroxyl groups is 1. The number of alkyl halides is 3. The molecule has 2 fully saturated rings. The monoisotopic (exact) mass is 471 g/mol. The maximum Gasteiger partial charge on any atom is 0.416 e. The average molecular weight is 472 g/mol. The predicted molar refractivity (Wildman–Crippen MR) is 117 cm³/mol. The van der Waals surface area contributed by atoms with E-state index in [9.17, 15) is 33.0 Å². The van der Waals surface area contributed by atoms with Crippen LogP contribution in [-0.2, 0) is 15.8 Å². The second-order valence-electron chi connectivity index (χ2n) is 9.21. The SMILES string of the molecule is CC1(O)CCN(CCCC(C(=O)O)N2CCN(c3cccc(C(F)(F)F)c3)CCC2=O)CC1. The summed E-state index contributed by atoms with van der Waals surface area (Å²) in [5.74, 6) is -1.37. The minimum absolute atomic E-state index is 0.0429. The molecular formula is C23H32F3N3O4. The van der Waals surface area contributed by atoms with Crippen LogP contribution in [0.5, 0.6) is 0 Å². The molecule has 1 aromatic carbocycles. The Kier molecular flexibility index (Phi) is 7.89. The number of piperidine rings is 1. The fourth-order valence-electron chi connectivity index (χ4n) is 4.49. The van der Waals surface area contributed by atoms with E-state index in [1.807, 2.05) is 6.92 Å². The zero-order chi connectivity index (χ0) is 24.2. The Balaban J connectivity index is 1.59. The first-order valence-electron chi connectivity index (χ1n) is 11.4. The Morgan fingerprint density at radius 1 is 1.15 bits per heavy atom. The fraction of sp³-hybridized carbons (Fsp3) is 0.652. The lowest BCUT2D eigenvalue weighted by atomic mass is 9.93. The van der Waals surface area contributed by atoms with E-state index < -0.39 is 29.4 Å². The molecule has 7 nitrogen and oxygen atoms in total. The molecule has 0 aliphatic carbocycles. The molecule has 1 aromatic rings. The van der Waals surface area contributed by atoms with Crippen molar-refractivity contribution in [1.29, 1.82) is 0 Å². The Hall–Kier alpha value is -2.33. The quantitative estimate of drug-likeness (QED) is 0.636. The number of carboxylic acids is 1. The number of likely N-dealkylation sites (tertiary alicyclic amines) is 1. The zero-order valence-corrected chi connectivity index (χ0v) is 18.9. The van der Waals surface area contributed by atoms with Crippen LogP contribution in [0, 0.1) is 0 Å². The topological polar surface area (TPSA) is 84.3 Å². The van der Waals surface area contributed by atoms with Gasteiger partial charge in [0.25, 0.3) is 0 Å². The van der Waals surface area contributed by atoms with Crippen LogP contribution in [-0.4, -0.2) is 82.8 Å². The van der Waals surface area contributed by atoms with E-state index >= 15 is 0 Å². The number of carbonyl (C=O) groups is 2. The number of nitrogens with zero attached hydrogens (tertiary/aromatic N) is 3. The molecule has 0 radical (unpaired) electrons. The third-order valence-corrected chi connectivity index (χ3v) is 6.61. The van der Waals surface area contributed by atoms with Crippen molar-refractivity contribution in [3.8, 4) is 0 Å². The minimum atomic E-state index is -4.46. The van der Waals surface area contributed by atoms with Gasteiger partial charge in [-0.15, -0.1) is 0 Å². The highest BCUT2D eigenvalue weighted by Crippen LogP contribution is 2.32. The van der Waals surface area contributed by atoms with E-state index in [1.165, 1.54) is 11.0 Å². The summed E-state index contributed by atoms with van der Waals surface area (Å²) in [6.07, 6.45) is -2.17. The van der Waals surface area contributed by atoms with Gasteiger partial charge in [0.15, 0.2) is 0 Å². The predicted octanol–water partition coefficient (Wildman–Crippen LogP) is 2.82. The molecule has 2 heterocycles. The molecular weight excluding hydrogens is 439 g/mol. The normalized spacial score (nSPS) is 21.1. The molecule has 10 heteroatoms. The summed E-state index contributed by atoms with van der Waals surface area (Å²) in [4.78, 5) is 29.9. The van der Waals surface area contributed by atoms with Crippen LogP contribution in [0.15, 0.2) is 24.3 Å². The summed E-state index contributed by atoms with van der Waals surface area (Å²) in [5.41, 5.74) is -1.04. The summed E-state index contributed by atoms with van der Waals surface area (Å²) in [6.45, 7) is 4.64. The zero-order valence-electron chi connectivity index (χ0n) is 18.9. The highest BCUT2D eigenvalue weighted by molar-refractivity contribution is 5.84. The molecule has 2 aliphatic rings. The van der Waals surface area contributed by atoms with Crippen molar-refractivity contribution in [2.45, 2.75) is 56.8 Å². The summed E-state index contributed by atoms with van der Waals surface area (Å²) in [5, 5.41) is 19.8. The highest BCUT2D eigenvalue weighted by Gasteiger charge is 2.34. The summed E-state index contributed by atoms with van der Waals surface area (Å²) < 4.78 is 39.2. The van der Waals surface area contributed by atoms with Crippen molar-refractivity contribution in [3.63, 3.8) is 0 Å². The van der Waals surface area contributed by atoms with Crippen LogP contribution in [0.3, 0.4) is 0 Å². The molecule has 2 aliphatic heterocycles. The maximum absolute atomic E-state index is 13.1. The Bertz CT molecular complexity index is 836. The van der Waals surface area contributed by atoms with Crippen molar-refractivity contribution in [3.05, 3.63) is 29.8 Å². The number of rotatable bonds is 7. The van der Waals surface area contributed by atoms with Crippen LogP contribution in [0.2, 0.25) is 0 Å². The van der Waals surface area contributed by atoms with Crippen LogP contribution < -0.4 is 4.90 Å². The van der Waals surface area contributed by atoms with Gasteiger partial charge in [0.2, 0.25) is 5.91 Å². The first kappa shape index (κ1) is 25.3. The lowest BCUT2D eigenvalue weighted by Gasteiger charge is -2.36. The molecule has 2 N–H and O–H groups in total. The number of anilines is 1. The van der Waals surface area contributed by atoms with Gasteiger partial charge in [-0.25, -0.2) is 4.79 Å². The second kappa shape index (κ2) is 10.3. The molecule has 2 saturated heterocycles. The average Bonchev–Trinajstić information content (AvgIpc) is 2.93. The molecule has 1 amide bonds. The minimum Gasteiger partial charge on any atom is -0.480 e. The molecule has 0 spiro atoms. The van der Waals surface area contributed by atoms with E-state index in [1.54, 1.807) is 11.0 Å². The van der Waals surface area contributed by atoms with Gasteiger partial charge in [0, 0.05) is 44.8 Å². The molecule has 184 valence electrons. The number of aliphatic carboxylic acids is 1. The first-order valence-corrected chi connectivity index (χ1v) is 11.4. The van der Waals surface area contributed by atoms with Crippen LogP contribution in [0.1, 0.15) is 44.6 Å². The summed E-state index contributed by atoms with van der Waals surface area (Å²) in [7, 11) is 0. The number of benzene rings is 1. The van der Waals surface area contributed by atoms with Crippen molar-refractivity contribution in [2.75, 3.05) is 44.2 Å². The lowest BCUT2D eigenvalue weighted by molar-refractivity contribution is -0.150. The molecule has 1 atom stereocenters. The van der Waals surface area contributed by atoms with E-state index in [0.29, 0.717) is 37.9 Å². The van der Waals surface area contributed by atoms with Crippen LogP contribution in [0.4, 0.5) is 18.9 Å². The van der Waals surface area contributed by atoms with E-state index in [0.717, 1.165) is 25.2 Å². The van der Waals surface area contributed by atoms with Crippen LogP contribution >= 0.6 is 0 Å². The number of carbonyl (C=O) groups excluding carboxylic acids is 1. The molecule has 3 rings (SSSR count). The van der Waals surface area contributed by atoms with Gasteiger partial charge in [-0.2, -0.15) is 13.2 Å². The van der Waals surface area contributed by atoms with Gasteiger partial charge < -0.3 is 24.9 Å². The van der Waals surface area contributed by atoms with Gasteiger partial charge in [-0.05, 0) is 57.4 Å². The third-order valence-electron chi connectivity index (χ3n) is 6.61. The Morgan fingerprint density at radius 2 is 1.85 bits per heavy atom. The number of amides is 1. The summed E-state index contributed by atoms with van der Waals surface area (Å²) >= 11 is 0. The number of carboxylic acid groups (broad SMARTS) is 1. The van der Waals surface area contributed by atoms with Gasteiger partial charge in [-0.3, -0.25) is 4.79 Å². The number of hydrogen-bond donors (Lipinski definition) is 2. The van der Waals surface area contributed by atoms with Crippen molar-refractivity contribution >= 4 is 17.6 Å². The number of hydrogen-bond acceptors (Lipinski definition) is 5. The largest absolute Gasteiger partial charge is 0.480 e. The molecule has 0 bridgehead atoms. The van der Waals surface area contributed by atoms with Gasteiger partial charge in [0.1, 0.15) is 6.04 Å². The van der Waals surface area contributed by atoms with Gasteiger partial charge in [-0.1, -0.05) is 6.07 Å². The summed E-state index contributed by atoms with van der Waals surface area (Å²) in [6, 6.07) is 4.00. The first-order chi connectivity index (χ1) is 15.5. The van der Waals surface area contributed by atoms with Crippen molar-refractivity contribution in [2.24, 2.45) is 0 Å². The molecule has 1 unspecified atom stereocenters. The van der Waals surface area contributed by atoms with E-state index in [-0.39, 0.29) is 32.0 Å². The van der Waals surface area contributed by atoms with Crippen LogP contribution in [0.25, 0.3) is 0 Å². The second-order valence-corrected chi connectivity index (χ2v) is 9.21. The van der Waals surface area contributed by atoms with Gasteiger partial charge >= 0.3 is 12.1 Å². The molecule has 0 saturated carbocycles. The Labute approximate surface area is 191 Å². The number of halogens is 3. The maximum atomic E-state index is 13.1. The van der Waals surface area contributed by atoms with Gasteiger partial charge in [0.05, 0.1) is 11.2 Å². The molecule has 33 heavy (non-hydrogen) atoms. The highest BCUT2D eigenvalue weighted by atomic mass is 19.4. The lowest BCUT2D eigenvalue weighted by Crippen LogP contribution is -2.47. The van der Waals surface area contributed by atoms with E-state index in [2.05, 4.69) is 4.90 Å².